The van der Waals surface area contributed by atoms with Crippen molar-refractivity contribution in [3.8, 4) is 5.88 Å². The van der Waals surface area contributed by atoms with Crippen LogP contribution in [-0.2, 0) is 0 Å². The van der Waals surface area contributed by atoms with E-state index >= 15 is 0 Å². The molecule has 1 rings (SSSR count). The maximum absolute atomic E-state index is 5.44. The quantitative estimate of drug-likeness (QED) is 0.561. The Balaban J connectivity index is 3.04. The first-order chi connectivity index (χ1) is 4.74. The molecule has 0 aliphatic heterocycles. The van der Waals surface area contributed by atoms with Gasteiger partial charge >= 0.3 is 0 Å². The number of nitrogen functional groups attached to an aromatic ring is 2. The minimum absolute atomic E-state index is 0.430. The molecule has 0 bridgehead atoms. The number of aromatic amines is 1. The highest BCUT2D eigenvalue weighted by Gasteiger charge is 2.02. The summed E-state index contributed by atoms with van der Waals surface area (Å²) in [7, 11) is 1.56. The Morgan fingerprint density at radius 2 is 2.10 bits per heavy atom. The van der Waals surface area contributed by atoms with Gasteiger partial charge in [0.25, 0.3) is 11.7 Å². The molecule has 5 N–H and O–H groups in total. The van der Waals surface area contributed by atoms with Crippen molar-refractivity contribution in [2.45, 2.75) is 0 Å². The molecule has 0 aliphatic rings. The Kier molecular flexibility index (Phi) is 1.62. The van der Waals surface area contributed by atoms with Crippen molar-refractivity contribution in [2.24, 2.45) is 0 Å². The van der Waals surface area contributed by atoms with Crippen LogP contribution in [0.5, 0.6) is 5.88 Å². The predicted molar refractivity (Wildman–Crippen MR) is 38.4 cm³/mol. The van der Waals surface area contributed by atoms with Gasteiger partial charge in [-0.05, 0) is 6.07 Å². The van der Waals surface area contributed by atoms with Gasteiger partial charge in [0.05, 0.1) is 7.11 Å². The smallest absolute Gasteiger partial charge is 0.296 e. The Morgan fingerprint density at radius 3 is 2.60 bits per heavy atom. The van der Waals surface area contributed by atoms with Gasteiger partial charge in [-0.25, -0.2) is 4.98 Å². The molecule has 0 aliphatic carbocycles. The number of rotatable bonds is 1. The second-order valence-corrected chi connectivity index (χ2v) is 1.90. The van der Waals surface area contributed by atoms with Gasteiger partial charge in [-0.15, -0.1) is 0 Å². The summed E-state index contributed by atoms with van der Waals surface area (Å²) < 4.78 is 4.86. The number of ether oxygens (including phenoxy) is 1. The van der Waals surface area contributed by atoms with Crippen LogP contribution in [0.1, 0.15) is 0 Å². The van der Waals surface area contributed by atoms with Gasteiger partial charge in [-0.1, -0.05) is 0 Å². The molecule has 0 atom stereocenters. The lowest BCUT2D eigenvalue weighted by Crippen LogP contribution is -2.15. The van der Waals surface area contributed by atoms with Crippen LogP contribution >= 0.6 is 0 Å². The molecule has 0 fully saturated rings. The van der Waals surface area contributed by atoms with Crippen molar-refractivity contribution < 1.29 is 9.72 Å². The summed E-state index contributed by atoms with van der Waals surface area (Å²) in [5.74, 6) is 1.03. The van der Waals surface area contributed by atoms with Crippen LogP contribution in [0.4, 0.5) is 11.5 Å². The van der Waals surface area contributed by atoms with Crippen molar-refractivity contribution in [3.05, 3.63) is 12.1 Å². The molecule has 0 aromatic carbocycles. The Labute approximate surface area is 58.8 Å². The molecule has 0 spiro atoms. The zero-order valence-electron chi connectivity index (χ0n) is 5.72. The van der Waals surface area contributed by atoms with Gasteiger partial charge in [0.15, 0.2) is 0 Å². The van der Waals surface area contributed by atoms with Crippen LogP contribution in [0.25, 0.3) is 0 Å². The van der Waals surface area contributed by atoms with Gasteiger partial charge in [-0.2, -0.15) is 0 Å². The zero-order chi connectivity index (χ0) is 7.56. The molecule has 54 valence electrons. The average molecular weight is 140 g/mol. The number of hydrogen-bond acceptors (Lipinski definition) is 3. The van der Waals surface area contributed by atoms with E-state index in [0.29, 0.717) is 17.4 Å². The Bertz CT molecular complexity index is 236. The third-order valence-electron chi connectivity index (χ3n) is 1.20. The lowest BCUT2D eigenvalue weighted by atomic mass is 10.4. The maximum Gasteiger partial charge on any atom is 0.296 e. The molecule has 10 heavy (non-hydrogen) atoms. The van der Waals surface area contributed by atoms with Gasteiger partial charge in [0, 0.05) is 6.07 Å². The highest BCUT2D eigenvalue weighted by atomic mass is 16.5. The molecule has 4 heteroatoms. The Hall–Kier alpha value is -1.45. The number of hydrogen-bond donors (Lipinski definition) is 2. The van der Waals surface area contributed by atoms with Crippen molar-refractivity contribution in [2.75, 3.05) is 18.6 Å². The predicted octanol–water partition coefficient (Wildman–Crippen LogP) is -0.326. The number of methoxy groups -OCH3 is 1. The first kappa shape index (κ1) is 6.67. The fraction of sp³-hybridized carbons (Fsp3) is 0.167. The van der Waals surface area contributed by atoms with Gasteiger partial charge in [0.1, 0.15) is 5.69 Å². The van der Waals surface area contributed by atoms with E-state index in [-0.39, 0.29) is 0 Å². The van der Waals surface area contributed by atoms with Crippen LogP contribution in [0, 0.1) is 0 Å². The normalized spacial score (nSPS) is 9.30. The zero-order valence-corrected chi connectivity index (χ0v) is 5.72. The first-order valence-corrected chi connectivity index (χ1v) is 2.85. The van der Waals surface area contributed by atoms with Crippen molar-refractivity contribution >= 4 is 11.5 Å². The van der Waals surface area contributed by atoms with E-state index in [1.807, 2.05) is 0 Å². The lowest BCUT2D eigenvalue weighted by Gasteiger charge is -1.96. The molecular formula is C6H10N3O+. The van der Waals surface area contributed by atoms with Crippen LogP contribution in [0.15, 0.2) is 12.1 Å². The maximum atomic E-state index is 5.44. The third kappa shape index (κ3) is 1.10. The monoisotopic (exact) mass is 140 g/mol. The number of aromatic nitrogens is 1. The SMILES string of the molecule is COc1ccc(N)c(N)[nH+]1. The fourth-order valence-electron chi connectivity index (χ4n) is 0.621. The summed E-state index contributed by atoms with van der Waals surface area (Å²) >= 11 is 0. The van der Waals surface area contributed by atoms with Crippen molar-refractivity contribution in [1.29, 1.82) is 0 Å². The Morgan fingerprint density at radius 1 is 1.40 bits per heavy atom. The summed E-state index contributed by atoms with van der Waals surface area (Å²) in [5.41, 5.74) is 11.4. The molecule has 0 saturated heterocycles. The molecule has 0 amide bonds. The van der Waals surface area contributed by atoms with E-state index in [1.165, 1.54) is 0 Å². The molecular weight excluding hydrogens is 130 g/mol. The topological polar surface area (TPSA) is 75.4 Å². The number of nitrogens with two attached hydrogens (primary N) is 2. The molecule has 0 saturated carbocycles. The van der Waals surface area contributed by atoms with Crippen LogP contribution in [0.2, 0.25) is 0 Å². The summed E-state index contributed by atoms with van der Waals surface area (Å²) in [6.07, 6.45) is 0. The molecule has 1 heterocycles. The molecule has 0 unspecified atom stereocenters. The summed E-state index contributed by atoms with van der Waals surface area (Å²) in [6.45, 7) is 0. The summed E-state index contributed by atoms with van der Waals surface area (Å²) in [4.78, 5) is 2.76. The third-order valence-corrected chi connectivity index (χ3v) is 1.20. The summed E-state index contributed by atoms with van der Waals surface area (Å²) in [5, 5.41) is 0. The number of nitrogens with one attached hydrogen (secondary N) is 1. The van der Waals surface area contributed by atoms with Crippen LogP contribution in [-0.4, -0.2) is 7.11 Å². The largest absolute Gasteiger partial charge is 0.466 e. The van der Waals surface area contributed by atoms with Crippen LogP contribution < -0.4 is 21.2 Å². The van der Waals surface area contributed by atoms with E-state index < -0.39 is 0 Å². The van der Waals surface area contributed by atoms with E-state index in [2.05, 4.69) is 4.98 Å². The second kappa shape index (κ2) is 2.43. The van der Waals surface area contributed by atoms with Gasteiger partial charge in [-0.3, -0.25) is 5.73 Å². The van der Waals surface area contributed by atoms with Crippen LogP contribution in [0.3, 0.4) is 0 Å². The van der Waals surface area contributed by atoms with E-state index in [1.54, 1.807) is 19.2 Å². The number of anilines is 2. The van der Waals surface area contributed by atoms with E-state index in [9.17, 15) is 0 Å². The minimum atomic E-state index is 0.430. The number of H-pyrrole nitrogens is 1. The van der Waals surface area contributed by atoms with Crippen molar-refractivity contribution in [1.82, 2.24) is 0 Å². The van der Waals surface area contributed by atoms with Gasteiger partial charge < -0.3 is 10.5 Å². The number of pyridine rings is 1. The molecule has 0 radical (unpaired) electrons. The molecule has 1 aromatic heterocycles. The molecule has 4 nitrogen and oxygen atoms in total. The molecule has 1 aromatic rings. The van der Waals surface area contributed by atoms with E-state index in [0.717, 1.165) is 0 Å². The fourth-order valence-corrected chi connectivity index (χ4v) is 0.621. The van der Waals surface area contributed by atoms with Crippen molar-refractivity contribution in [3.63, 3.8) is 0 Å². The lowest BCUT2D eigenvalue weighted by molar-refractivity contribution is -0.375. The first-order valence-electron chi connectivity index (χ1n) is 2.85. The standard InChI is InChI=1S/C6H9N3O/c1-10-5-3-2-4(7)6(8)9-5/h2-3H,7H2,1H3,(H2,8,9)/p+1. The minimum Gasteiger partial charge on any atom is -0.466 e. The van der Waals surface area contributed by atoms with E-state index in [4.69, 9.17) is 16.2 Å². The summed E-state index contributed by atoms with van der Waals surface area (Å²) in [6, 6.07) is 3.40. The highest BCUT2D eigenvalue weighted by molar-refractivity contribution is 5.54. The average Bonchev–Trinajstić information content (AvgIpc) is 1.95. The second-order valence-electron chi connectivity index (χ2n) is 1.90. The van der Waals surface area contributed by atoms with Gasteiger partial charge in [0.2, 0.25) is 0 Å². The highest BCUT2D eigenvalue weighted by Crippen LogP contribution is 2.09.